The molecule has 0 bridgehead atoms. The summed E-state index contributed by atoms with van der Waals surface area (Å²) >= 11 is 0. The molecule has 0 aromatic heterocycles. The molecule has 4 N–H and O–H groups in total. The van der Waals surface area contributed by atoms with E-state index in [2.05, 4.69) is 15.4 Å². The number of unbranched alkanes of at least 4 members (excludes halogenated alkanes) is 1. The molecule has 9 nitrogen and oxygen atoms in total. The van der Waals surface area contributed by atoms with E-state index < -0.39 is 17.4 Å². The molecular formula is C25H35N3O6. The lowest BCUT2D eigenvalue weighted by Crippen LogP contribution is -2.44. The molecule has 0 spiro atoms. The normalized spacial score (nSPS) is 22.8. The second-order valence-corrected chi connectivity index (χ2v) is 8.86. The second kappa shape index (κ2) is 11.6. The van der Waals surface area contributed by atoms with Crippen LogP contribution in [-0.4, -0.2) is 60.8 Å². The molecule has 2 heterocycles. The quantitative estimate of drug-likeness (QED) is 0.219. The monoisotopic (exact) mass is 473 g/mol. The van der Waals surface area contributed by atoms with Crippen LogP contribution in [0.25, 0.3) is 0 Å². The molecular weight excluding hydrogens is 438 g/mol. The minimum atomic E-state index is -1.81. The Morgan fingerprint density at radius 2 is 2.18 bits per heavy atom. The Morgan fingerprint density at radius 3 is 2.85 bits per heavy atom. The van der Waals surface area contributed by atoms with E-state index in [4.69, 9.17) is 5.11 Å². The highest BCUT2D eigenvalue weighted by Gasteiger charge is 2.52. The van der Waals surface area contributed by atoms with Crippen LogP contribution in [0.5, 0.6) is 0 Å². The molecule has 2 aliphatic rings. The molecule has 3 atom stereocenters. The number of hydrogen-bond acceptors (Lipinski definition) is 7. The van der Waals surface area contributed by atoms with Crippen LogP contribution in [0.15, 0.2) is 30.4 Å². The third-order valence-corrected chi connectivity index (χ3v) is 6.53. The van der Waals surface area contributed by atoms with Crippen molar-refractivity contribution >= 4 is 29.2 Å². The van der Waals surface area contributed by atoms with Gasteiger partial charge in [-0.1, -0.05) is 19.1 Å². The fourth-order valence-electron chi connectivity index (χ4n) is 4.54. The van der Waals surface area contributed by atoms with Crippen molar-refractivity contribution in [3.8, 4) is 0 Å². The Hall–Kier alpha value is -2.75. The molecule has 3 rings (SSSR count). The molecule has 2 aliphatic heterocycles. The van der Waals surface area contributed by atoms with Crippen LogP contribution in [0.4, 0.5) is 11.4 Å². The minimum Gasteiger partial charge on any atom is -0.469 e. The highest BCUT2D eigenvalue weighted by atomic mass is 16.5. The first kappa shape index (κ1) is 25.9. The number of ether oxygens (including phenoxy) is 1. The van der Waals surface area contributed by atoms with E-state index in [1.807, 2.05) is 0 Å². The minimum absolute atomic E-state index is 0.0239. The maximum absolute atomic E-state index is 13.5. The maximum atomic E-state index is 13.5. The molecule has 2 amide bonds. The van der Waals surface area contributed by atoms with Gasteiger partial charge in [0.1, 0.15) is 0 Å². The highest BCUT2D eigenvalue weighted by Crippen LogP contribution is 2.46. The van der Waals surface area contributed by atoms with Gasteiger partial charge in [0.05, 0.1) is 18.8 Å². The number of benzene rings is 1. The van der Waals surface area contributed by atoms with Crippen molar-refractivity contribution < 1.29 is 29.3 Å². The van der Waals surface area contributed by atoms with Gasteiger partial charge in [-0.3, -0.25) is 14.4 Å². The zero-order chi connectivity index (χ0) is 24.7. The number of carbonyl (C=O) groups excluding carboxylic acids is 3. The average Bonchev–Trinajstić information content (AvgIpc) is 3.44. The van der Waals surface area contributed by atoms with E-state index in [0.29, 0.717) is 42.7 Å². The van der Waals surface area contributed by atoms with Gasteiger partial charge in [-0.2, -0.15) is 0 Å². The molecule has 0 aliphatic carbocycles. The van der Waals surface area contributed by atoms with Gasteiger partial charge in [-0.15, -0.1) is 0 Å². The molecule has 1 aromatic rings. The Bertz CT molecular complexity index is 927. The van der Waals surface area contributed by atoms with Gasteiger partial charge < -0.3 is 30.5 Å². The number of nitrogens with zero attached hydrogens (tertiary/aromatic N) is 1. The van der Waals surface area contributed by atoms with Crippen molar-refractivity contribution in [2.45, 2.75) is 57.1 Å². The average molecular weight is 474 g/mol. The summed E-state index contributed by atoms with van der Waals surface area (Å²) in [5, 5.41) is 26.8. The fraction of sp³-hybridized carbons (Fsp3) is 0.560. The van der Waals surface area contributed by atoms with Gasteiger partial charge in [0.15, 0.2) is 5.60 Å². The molecule has 0 saturated carbocycles. The van der Waals surface area contributed by atoms with Crippen LogP contribution < -0.4 is 15.5 Å². The van der Waals surface area contributed by atoms with E-state index in [1.165, 1.54) is 7.11 Å². The van der Waals surface area contributed by atoms with Crippen LogP contribution >= 0.6 is 0 Å². The number of aliphatic hydroxyl groups excluding tert-OH is 1. The maximum Gasteiger partial charge on any atom is 0.305 e. The van der Waals surface area contributed by atoms with Crippen molar-refractivity contribution in [1.29, 1.82) is 0 Å². The molecule has 186 valence electrons. The van der Waals surface area contributed by atoms with Gasteiger partial charge in [0.25, 0.3) is 5.91 Å². The predicted octanol–water partition coefficient (Wildman–Crippen LogP) is 1.83. The zero-order valence-corrected chi connectivity index (χ0v) is 19.9. The summed E-state index contributed by atoms with van der Waals surface area (Å²) in [7, 11) is 1.34. The lowest BCUT2D eigenvalue weighted by Gasteiger charge is -2.28. The lowest BCUT2D eigenvalue weighted by molar-refractivity contribution is -0.140. The third-order valence-electron chi connectivity index (χ3n) is 6.53. The SMILES string of the molecule is COC(=O)CCCCN1C(=O)[C@@](O)([C@@H](C)/C=C/CCO)c2cc(NC(=O)[C@H]3CCCN3)ccc21. The lowest BCUT2D eigenvalue weighted by atomic mass is 9.82. The number of nitrogens with one attached hydrogen (secondary N) is 2. The number of fused-ring (bicyclic) bond motifs is 1. The molecule has 9 heteroatoms. The molecule has 0 radical (unpaired) electrons. The number of anilines is 2. The van der Waals surface area contributed by atoms with Gasteiger partial charge in [0.2, 0.25) is 5.91 Å². The van der Waals surface area contributed by atoms with Gasteiger partial charge in [-0.25, -0.2) is 0 Å². The fourth-order valence-corrected chi connectivity index (χ4v) is 4.54. The summed E-state index contributed by atoms with van der Waals surface area (Å²) < 4.78 is 4.67. The van der Waals surface area contributed by atoms with Crippen LogP contribution in [0.2, 0.25) is 0 Å². The van der Waals surface area contributed by atoms with E-state index in [1.54, 1.807) is 42.2 Å². The van der Waals surface area contributed by atoms with E-state index in [-0.39, 0.29) is 30.9 Å². The smallest absolute Gasteiger partial charge is 0.305 e. The van der Waals surface area contributed by atoms with E-state index >= 15 is 0 Å². The zero-order valence-electron chi connectivity index (χ0n) is 19.9. The molecule has 1 saturated heterocycles. The first-order valence-corrected chi connectivity index (χ1v) is 11.9. The van der Waals surface area contributed by atoms with Gasteiger partial charge in [-0.05, 0) is 56.8 Å². The summed E-state index contributed by atoms with van der Waals surface area (Å²) in [6, 6.07) is 4.90. The number of rotatable bonds is 11. The summed E-state index contributed by atoms with van der Waals surface area (Å²) in [6.07, 6.45) is 6.98. The largest absolute Gasteiger partial charge is 0.469 e. The molecule has 1 fully saturated rings. The topological polar surface area (TPSA) is 128 Å². The molecule has 1 aromatic carbocycles. The highest BCUT2D eigenvalue weighted by molar-refractivity contribution is 6.08. The first-order valence-electron chi connectivity index (χ1n) is 11.9. The number of carbonyl (C=O) groups is 3. The number of amides is 2. The first-order chi connectivity index (χ1) is 16.3. The van der Waals surface area contributed by atoms with Crippen molar-refractivity contribution in [3.63, 3.8) is 0 Å². The van der Waals surface area contributed by atoms with Crippen LogP contribution in [-0.2, 0) is 24.7 Å². The van der Waals surface area contributed by atoms with Crippen LogP contribution in [0.3, 0.4) is 0 Å². The summed E-state index contributed by atoms with van der Waals surface area (Å²) in [4.78, 5) is 39.0. The number of hydrogen-bond donors (Lipinski definition) is 4. The van der Waals surface area contributed by atoms with Gasteiger partial charge in [0, 0.05) is 36.7 Å². The van der Waals surface area contributed by atoms with Crippen molar-refractivity contribution in [3.05, 3.63) is 35.9 Å². The van der Waals surface area contributed by atoms with Gasteiger partial charge >= 0.3 is 5.97 Å². The number of esters is 1. The van der Waals surface area contributed by atoms with Crippen molar-refractivity contribution in [2.24, 2.45) is 5.92 Å². The Labute approximate surface area is 200 Å². The van der Waals surface area contributed by atoms with Crippen molar-refractivity contribution in [2.75, 3.05) is 37.0 Å². The second-order valence-electron chi connectivity index (χ2n) is 8.86. The van der Waals surface area contributed by atoms with E-state index in [0.717, 1.165) is 19.4 Å². The molecule has 34 heavy (non-hydrogen) atoms. The van der Waals surface area contributed by atoms with Crippen molar-refractivity contribution in [1.82, 2.24) is 5.32 Å². The summed E-state index contributed by atoms with van der Waals surface area (Å²) in [6.45, 7) is 2.88. The predicted molar refractivity (Wildman–Crippen MR) is 128 cm³/mol. The Kier molecular flexibility index (Phi) is 8.82. The summed E-state index contributed by atoms with van der Waals surface area (Å²) in [5.41, 5.74) is -0.271. The Balaban J connectivity index is 1.85. The number of methoxy groups -OCH3 is 1. The summed E-state index contributed by atoms with van der Waals surface area (Å²) in [5.74, 6) is -1.44. The Morgan fingerprint density at radius 1 is 1.38 bits per heavy atom. The standard InChI is InChI=1S/C25H35N3O6/c1-17(8-4-6-15-29)25(33)19-16-18(27-23(31)20-9-7-13-26-20)11-12-21(19)28(24(25)32)14-5-3-10-22(30)34-2/h4,8,11-12,16-17,20,26,29,33H,3,5-7,9-10,13-15H2,1-2H3,(H,27,31)/b8-4+/t17-,20+,25+/m0/s1. The number of aliphatic hydroxyl groups is 2. The molecule has 0 unspecified atom stereocenters. The third kappa shape index (κ3) is 5.48. The van der Waals surface area contributed by atoms with Crippen LogP contribution in [0.1, 0.15) is 51.0 Å². The van der Waals surface area contributed by atoms with E-state index in [9.17, 15) is 19.5 Å². The van der Waals surface area contributed by atoms with Crippen LogP contribution in [0, 0.1) is 5.92 Å².